The quantitative estimate of drug-likeness (QED) is 0.652. The Bertz CT molecular complexity index is 142. The molecule has 2 N–H and O–H groups in total. The Labute approximate surface area is 84.3 Å². The van der Waals surface area contributed by atoms with Gasteiger partial charge in [-0.1, -0.05) is 13.8 Å². The zero-order chi connectivity index (χ0) is 10.1. The molecule has 0 bridgehead atoms. The largest absolute Gasteiger partial charge is 0.396 e. The second-order valence-corrected chi connectivity index (χ2v) is 4.41. The van der Waals surface area contributed by atoms with Crippen LogP contribution in [0.5, 0.6) is 0 Å². The Morgan fingerprint density at radius 1 is 1.62 bits per heavy atom. The number of hydrogen-bond acceptors (Lipinski definition) is 3. The van der Waals surface area contributed by atoms with E-state index < -0.39 is 0 Å². The highest BCUT2D eigenvalue weighted by Crippen LogP contribution is 2.12. The van der Waals surface area contributed by atoms with Gasteiger partial charge >= 0.3 is 0 Å². The first-order valence-corrected chi connectivity index (χ1v) is 5.74. The van der Waals surface area contributed by atoms with E-state index in [4.69, 9.17) is 5.11 Å². The first-order valence-electron chi connectivity index (χ1n) is 4.69. The van der Waals surface area contributed by atoms with Gasteiger partial charge in [0.1, 0.15) is 0 Å². The second kappa shape index (κ2) is 8.38. The molecule has 4 heteroatoms. The van der Waals surface area contributed by atoms with Gasteiger partial charge in [0, 0.05) is 18.4 Å². The molecular weight excluding hydrogens is 186 g/mol. The van der Waals surface area contributed by atoms with Crippen LogP contribution < -0.4 is 5.32 Å². The molecule has 0 aliphatic rings. The Morgan fingerprint density at radius 2 is 2.31 bits per heavy atom. The lowest BCUT2D eigenvalue weighted by atomic mass is 10.3. The predicted molar refractivity (Wildman–Crippen MR) is 56.9 cm³/mol. The molecule has 0 heterocycles. The third-order valence-corrected chi connectivity index (χ3v) is 2.84. The van der Waals surface area contributed by atoms with Crippen molar-refractivity contribution in [3.63, 3.8) is 0 Å². The number of aliphatic hydroxyl groups is 1. The van der Waals surface area contributed by atoms with Gasteiger partial charge in [-0.3, -0.25) is 4.79 Å². The van der Waals surface area contributed by atoms with Crippen LogP contribution in [0.25, 0.3) is 0 Å². The van der Waals surface area contributed by atoms with E-state index in [0.29, 0.717) is 11.0 Å². The summed E-state index contributed by atoms with van der Waals surface area (Å²) in [6, 6.07) is 0. The Kier molecular flexibility index (Phi) is 8.24. The zero-order valence-corrected chi connectivity index (χ0v) is 9.19. The molecule has 1 atom stereocenters. The van der Waals surface area contributed by atoms with E-state index in [1.165, 1.54) is 0 Å². The van der Waals surface area contributed by atoms with Crippen molar-refractivity contribution in [1.29, 1.82) is 0 Å². The van der Waals surface area contributed by atoms with Gasteiger partial charge in [0.05, 0.1) is 5.75 Å². The van der Waals surface area contributed by atoms with Gasteiger partial charge in [-0.2, -0.15) is 0 Å². The average molecular weight is 205 g/mol. The molecule has 0 fully saturated rings. The Morgan fingerprint density at radius 3 is 2.85 bits per heavy atom. The molecule has 3 nitrogen and oxygen atoms in total. The molecule has 0 aromatic heterocycles. The molecule has 0 spiro atoms. The predicted octanol–water partition coefficient (Wildman–Crippen LogP) is 1.02. The molecule has 0 saturated carbocycles. The van der Waals surface area contributed by atoms with E-state index in [0.717, 1.165) is 19.4 Å². The fourth-order valence-electron chi connectivity index (χ4n) is 0.799. The van der Waals surface area contributed by atoms with Crippen LogP contribution in [0.3, 0.4) is 0 Å². The fraction of sp³-hybridized carbons (Fsp3) is 0.889. The molecule has 0 radical (unpaired) electrons. The average Bonchev–Trinajstić information content (AvgIpc) is 2.12. The molecule has 0 rings (SSSR count). The molecule has 0 saturated heterocycles. The monoisotopic (exact) mass is 205 g/mol. The van der Waals surface area contributed by atoms with Crippen molar-refractivity contribution in [3.05, 3.63) is 0 Å². The standard InChI is InChI=1S/C9H19NO2S/c1-3-5-10-9(12)7-13-8(2)4-6-11/h8,11H,3-7H2,1-2H3,(H,10,12). The summed E-state index contributed by atoms with van der Waals surface area (Å²) in [5, 5.41) is 11.8. The SMILES string of the molecule is CCCNC(=O)CSC(C)CCO. The minimum absolute atomic E-state index is 0.0941. The van der Waals surface area contributed by atoms with Crippen molar-refractivity contribution in [2.75, 3.05) is 18.9 Å². The van der Waals surface area contributed by atoms with Crippen molar-refractivity contribution < 1.29 is 9.90 Å². The number of carbonyl (C=O) groups is 1. The number of thioether (sulfide) groups is 1. The molecule has 1 amide bonds. The van der Waals surface area contributed by atoms with E-state index in [1.807, 2.05) is 13.8 Å². The minimum Gasteiger partial charge on any atom is -0.396 e. The van der Waals surface area contributed by atoms with Crippen LogP contribution >= 0.6 is 11.8 Å². The minimum atomic E-state index is 0.0941. The first kappa shape index (κ1) is 12.8. The highest BCUT2D eigenvalue weighted by atomic mass is 32.2. The molecule has 0 aliphatic heterocycles. The summed E-state index contributed by atoms with van der Waals surface area (Å²) in [5.74, 6) is 0.595. The van der Waals surface area contributed by atoms with E-state index in [-0.39, 0.29) is 12.5 Å². The normalized spacial score (nSPS) is 12.5. The van der Waals surface area contributed by atoms with Gasteiger partial charge in [0.25, 0.3) is 0 Å². The number of carbonyl (C=O) groups excluding carboxylic acids is 1. The number of aliphatic hydroxyl groups excluding tert-OH is 1. The molecule has 13 heavy (non-hydrogen) atoms. The summed E-state index contributed by atoms with van der Waals surface area (Å²) >= 11 is 1.59. The van der Waals surface area contributed by atoms with Crippen LogP contribution in [-0.2, 0) is 4.79 Å². The van der Waals surface area contributed by atoms with Gasteiger partial charge < -0.3 is 10.4 Å². The molecule has 78 valence electrons. The highest BCUT2D eigenvalue weighted by molar-refractivity contribution is 8.00. The number of amides is 1. The summed E-state index contributed by atoms with van der Waals surface area (Å²) in [4.78, 5) is 11.1. The smallest absolute Gasteiger partial charge is 0.230 e. The molecule has 0 aromatic carbocycles. The van der Waals surface area contributed by atoms with Crippen LogP contribution in [-0.4, -0.2) is 35.2 Å². The molecule has 0 aliphatic carbocycles. The first-order chi connectivity index (χ1) is 6.20. The zero-order valence-electron chi connectivity index (χ0n) is 8.38. The number of nitrogens with one attached hydrogen (secondary N) is 1. The molecule has 0 aromatic rings. The topological polar surface area (TPSA) is 49.3 Å². The summed E-state index contributed by atoms with van der Waals surface area (Å²) in [6.07, 6.45) is 1.73. The lowest BCUT2D eigenvalue weighted by Gasteiger charge is -2.08. The van der Waals surface area contributed by atoms with Crippen LogP contribution in [0.1, 0.15) is 26.7 Å². The van der Waals surface area contributed by atoms with E-state index >= 15 is 0 Å². The third kappa shape index (κ3) is 8.12. The van der Waals surface area contributed by atoms with E-state index in [1.54, 1.807) is 11.8 Å². The maximum absolute atomic E-state index is 11.1. The number of rotatable bonds is 7. The van der Waals surface area contributed by atoms with Gasteiger partial charge in [0.15, 0.2) is 0 Å². The van der Waals surface area contributed by atoms with Crippen LogP contribution in [0.4, 0.5) is 0 Å². The van der Waals surface area contributed by atoms with Crippen LogP contribution in [0.15, 0.2) is 0 Å². The van der Waals surface area contributed by atoms with Crippen molar-refractivity contribution in [1.82, 2.24) is 5.32 Å². The number of hydrogen-bond donors (Lipinski definition) is 2. The maximum atomic E-state index is 11.1. The van der Waals surface area contributed by atoms with Crippen molar-refractivity contribution >= 4 is 17.7 Å². The lowest BCUT2D eigenvalue weighted by Crippen LogP contribution is -2.26. The maximum Gasteiger partial charge on any atom is 0.230 e. The van der Waals surface area contributed by atoms with Gasteiger partial charge in [-0.15, -0.1) is 11.8 Å². The van der Waals surface area contributed by atoms with Crippen LogP contribution in [0.2, 0.25) is 0 Å². The summed E-state index contributed by atoms with van der Waals surface area (Å²) < 4.78 is 0. The van der Waals surface area contributed by atoms with Gasteiger partial charge in [-0.25, -0.2) is 0 Å². The highest BCUT2D eigenvalue weighted by Gasteiger charge is 2.05. The van der Waals surface area contributed by atoms with E-state index in [2.05, 4.69) is 5.32 Å². The summed E-state index contributed by atoms with van der Waals surface area (Å²) in [7, 11) is 0. The lowest BCUT2D eigenvalue weighted by molar-refractivity contribution is -0.118. The summed E-state index contributed by atoms with van der Waals surface area (Å²) in [6.45, 7) is 5.01. The molecular formula is C9H19NO2S. The van der Waals surface area contributed by atoms with Gasteiger partial charge in [-0.05, 0) is 12.8 Å². The van der Waals surface area contributed by atoms with E-state index in [9.17, 15) is 4.79 Å². The van der Waals surface area contributed by atoms with Crippen molar-refractivity contribution in [2.24, 2.45) is 0 Å². The Hall–Kier alpha value is -0.220. The molecule has 1 unspecified atom stereocenters. The second-order valence-electron chi connectivity index (χ2n) is 2.98. The van der Waals surface area contributed by atoms with Gasteiger partial charge in [0.2, 0.25) is 5.91 Å². The third-order valence-electron chi connectivity index (χ3n) is 1.61. The summed E-state index contributed by atoms with van der Waals surface area (Å²) in [5.41, 5.74) is 0. The Balaban J connectivity index is 3.34. The van der Waals surface area contributed by atoms with Crippen molar-refractivity contribution in [2.45, 2.75) is 31.9 Å². The fourth-order valence-corrected chi connectivity index (χ4v) is 1.61. The van der Waals surface area contributed by atoms with Crippen molar-refractivity contribution in [3.8, 4) is 0 Å². The van der Waals surface area contributed by atoms with Crippen LogP contribution in [0, 0.1) is 0 Å².